The molecule has 0 aliphatic heterocycles. The van der Waals surface area contributed by atoms with Crippen molar-refractivity contribution in [2.24, 2.45) is 0 Å². The minimum atomic E-state index is -2.74. The Kier molecular flexibility index (Phi) is 12.0. The lowest BCUT2D eigenvalue weighted by atomic mass is 9.63. The zero-order valence-electron chi connectivity index (χ0n) is 21.7. The molecule has 0 saturated heterocycles. The van der Waals surface area contributed by atoms with Crippen LogP contribution in [-0.2, 0) is 19.8 Å². The van der Waals surface area contributed by atoms with E-state index in [1.54, 1.807) is 11.3 Å². The average Bonchev–Trinajstić information content (AvgIpc) is 3.28. The fraction of sp³-hybridized carbons (Fsp3) is 0.538. The lowest BCUT2D eigenvalue weighted by molar-refractivity contribution is -0.170. The Hall–Kier alpha value is -2.73. The predicted molar refractivity (Wildman–Crippen MR) is 146 cm³/mol. The van der Waals surface area contributed by atoms with Gasteiger partial charge in [0.15, 0.2) is 10.7 Å². The predicted octanol–water partition coefficient (Wildman–Crippen LogP) is 4.16. The molecule has 3 rings (SSSR count). The summed E-state index contributed by atoms with van der Waals surface area (Å²) in [6.45, 7) is 8.82. The first-order valence-corrected chi connectivity index (χ1v) is 13.8. The molecule has 0 amide bonds. The quantitative estimate of drug-likeness (QED) is 0.209. The van der Waals surface area contributed by atoms with E-state index in [-0.39, 0.29) is 5.41 Å². The maximum absolute atomic E-state index is 10.3. The molecule has 10 nitrogen and oxygen atoms in total. The smallest absolute Gasteiger partial charge is 0.336 e. The van der Waals surface area contributed by atoms with Gasteiger partial charge in [-0.2, -0.15) is 0 Å². The first-order chi connectivity index (χ1) is 18.0. The van der Waals surface area contributed by atoms with Crippen LogP contribution in [0.5, 0.6) is 0 Å². The molecule has 0 atom stereocenters. The maximum Gasteiger partial charge on any atom is 0.336 e. The molecule has 38 heavy (non-hydrogen) atoms. The number of thiazole rings is 1. The number of nitrogens with one attached hydrogen (secondary N) is 1. The Morgan fingerprint density at radius 3 is 2.11 bits per heavy atom. The molecule has 1 aromatic carbocycles. The van der Waals surface area contributed by atoms with E-state index in [1.807, 2.05) is 12.1 Å². The molecule has 0 radical (unpaired) electrons. The topological polar surface area (TPSA) is 160 Å². The normalized spacial score (nSPS) is 14.2. The fourth-order valence-electron chi connectivity index (χ4n) is 4.32. The second kappa shape index (κ2) is 14.4. The van der Waals surface area contributed by atoms with Gasteiger partial charge in [0.1, 0.15) is 0 Å². The molecular weight excluding hydrogens is 534 g/mol. The molecule has 1 saturated carbocycles. The summed E-state index contributed by atoms with van der Waals surface area (Å²) in [5.74, 6) is -5.02. The van der Waals surface area contributed by atoms with Crippen LogP contribution in [0.25, 0.3) is 0 Å². The van der Waals surface area contributed by atoms with Crippen LogP contribution in [0.15, 0.2) is 29.6 Å². The molecule has 1 aliphatic carbocycles. The van der Waals surface area contributed by atoms with Crippen LogP contribution in [0, 0.1) is 0 Å². The number of benzene rings is 1. The number of carbonyl (C=O) groups is 3. The van der Waals surface area contributed by atoms with E-state index >= 15 is 0 Å². The molecule has 12 heteroatoms. The summed E-state index contributed by atoms with van der Waals surface area (Å²) in [6.07, 6.45) is 2.49. The summed E-state index contributed by atoms with van der Waals surface area (Å²) >= 11 is 7.79. The van der Waals surface area contributed by atoms with Gasteiger partial charge in [0.2, 0.25) is 0 Å². The van der Waals surface area contributed by atoms with Gasteiger partial charge in [0.25, 0.3) is 0 Å². The molecule has 1 aromatic heterocycles. The van der Waals surface area contributed by atoms with Crippen molar-refractivity contribution >= 4 is 46.0 Å². The molecule has 2 aromatic rings. The largest absolute Gasteiger partial charge is 0.481 e. The van der Waals surface area contributed by atoms with Crippen LogP contribution in [0.4, 0.5) is 5.13 Å². The van der Waals surface area contributed by atoms with E-state index in [4.69, 9.17) is 37.0 Å². The molecule has 1 fully saturated rings. The minimum Gasteiger partial charge on any atom is -0.481 e. The number of carboxylic acids is 3. The van der Waals surface area contributed by atoms with Gasteiger partial charge in [-0.25, -0.2) is 9.78 Å². The van der Waals surface area contributed by atoms with E-state index in [9.17, 15) is 14.4 Å². The van der Waals surface area contributed by atoms with E-state index in [0.29, 0.717) is 0 Å². The Balaban J connectivity index is 0.000000332. The third-order valence-electron chi connectivity index (χ3n) is 6.71. The van der Waals surface area contributed by atoms with Crippen molar-refractivity contribution in [2.75, 3.05) is 31.5 Å². The van der Waals surface area contributed by atoms with Crippen LogP contribution < -0.4 is 5.32 Å². The second-order valence-electron chi connectivity index (χ2n) is 9.27. The second-order valence-corrected chi connectivity index (χ2v) is 10.6. The number of hydrogen-bond donors (Lipinski definition) is 5. The first kappa shape index (κ1) is 31.5. The summed E-state index contributed by atoms with van der Waals surface area (Å²) in [7, 11) is 0. The van der Waals surface area contributed by atoms with Crippen molar-refractivity contribution in [3.8, 4) is 0 Å². The highest BCUT2D eigenvalue weighted by molar-refractivity contribution is 7.13. The maximum atomic E-state index is 10.3. The molecule has 1 heterocycles. The van der Waals surface area contributed by atoms with Gasteiger partial charge < -0.3 is 30.6 Å². The highest BCUT2D eigenvalue weighted by atomic mass is 35.5. The van der Waals surface area contributed by atoms with E-state index in [1.165, 1.54) is 30.5 Å². The van der Waals surface area contributed by atoms with E-state index in [2.05, 4.69) is 41.6 Å². The Morgan fingerprint density at radius 2 is 1.66 bits per heavy atom. The minimum absolute atomic E-state index is 0.0994. The standard InChI is InChI=1S/C20H28ClN3S.C6H8O7/c1-3-24(4-2)14-6-13-22-19-23-18(15-25-19)20(11-5-12-20)16-7-9-17(21)10-8-16;7-3(8)1-6(13,5(11)12)2-4(9)10/h7-10,15H,3-6,11-14H2,1-2H3,(H,22,23);13H,1-2H2,(H,7,8)(H,9,10)(H,11,12). The van der Waals surface area contributed by atoms with Crippen molar-refractivity contribution in [1.82, 2.24) is 9.88 Å². The summed E-state index contributed by atoms with van der Waals surface area (Å²) in [6, 6.07) is 8.32. The number of rotatable bonds is 14. The molecule has 1 aliphatic rings. The molecular formula is C26H36ClN3O7S. The van der Waals surface area contributed by atoms with Crippen molar-refractivity contribution < 1.29 is 34.8 Å². The van der Waals surface area contributed by atoms with Crippen molar-refractivity contribution in [1.29, 1.82) is 0 Å². The average molecular weight is 570 g/mol. The number of aliphatic carboxylic acids is 3. The number of halogens is 1. The van der Waals surface area contributed by atoms with Gasteiger partial charge in [0.05, 0.1) is 18.5 Å². The van der Waals surface area contributed by atoms with Crippen molar-refractivity contribution in [2.45, 2.75) is 63.4 Å². The van der Waals surface area contributed by atoms with Gasteiger partial charge in [-0.15, -0.1) is 11.3 Å². The highest BCUT2D eigenvalue weighted by Crippen LogP contribution is 2.49. The van der Waals surface area contributed by atoms with Crippen LogP contribution >= 0.6 is 22.9 Å². The summed E-state index contributed by atoms with van der Waals surface area (Å²) in [5, 5.41) is 41.4. The Labute approximate surface area is 231 Å². The molecule has 0 unspecified atom stereocenters. The molecule has 210 valence electrons. The van der Waals surface area contributed by atoms with Crippen molar-refractivity contribution in [3.05, 3.63) is 45.9 Å². The summed E-state index contributed by atoms with van der Waals surface area (Å²) in [4.78, 5) is 37.9. The lowest BCUT2D eigenvalue weighted by Crippen LogP contribution is -2.42. The molecule has 0 bridgehead atoms. The molecule has 0 spiro atoms. The Bertz CT molecular complexity index is 1050. The molecule has 5 N–H and O–H groups in total. The van der Waals surface area contributed by atoms with Gasteiger partial charge in [0, 0.05) is 22.4 Å². The van der Waals surface area contributed by atoms with Crippen LogP contribution in [0.3, 0.4) is 0 Å². The third-order valence-corrected chi connectivity index (χ3v) is 7.76. The zero-order chi connectivity index (χ0) is 28.3. The lowest BCUT2D eigenvalue weighted by Gasteiger charge is -2.41. The first-order valence-electron chi connectivity index (χ1n) is 12.5. The number of hydrogen-bond acceptors (Lipinski definition) is 8. The van der Waals surface area contributed by atoms with Crippen LogP contribution in [-0.4, -0.2) is 80.0 Å². The number of nitrogens with zero attached hydrogens (tertiary/aromatic N) is 2. The van der Waals surface area contributed by atoms with E-state index in [0.717, 1.165) is 42.8 Å². The highest BCUT2D eigenvalue weighted by Gasteiger charge is 2.42. The van der Waals surface area contributed by atoms with E-state index < -0.39 is 36.4 Å². The van der Waals surface area contributed by atoms with Crippen molar-refractivity contribution in [3.63, 3.8) is 0 Å². The van der Waals surface area contributed by atoms with Gasteiger partial charge in [-0.1, -0.05) is 44.0 Å². The number of carboxylic acid groups (broad SMARTS) is 3. The number of anilines is 1. The fourth-order valence-corrected chi connectivity index (χ4v) is 5.28. The zero-order valence-corrected chi connectivity index (χ0v) is 23.2. The third kappa shape index (κ3) is 8.65. The van der Waals surface area contributed by atoms with Gasteiger partial charge >= 0.3 is 17.9 Å². The number of aliphatic hydroxyl groups is 1. The summed E-state index contributed by atoms with van der Waals surface area (Å²) < 4.78 is 0. The SMILES string of the molecule is CCN(CC)CCCNc1nc(C2(c3ccc(Cl)cc3)CCC2)cs1.O=C(O)CC(O)(CC(=O)O)C(=O)O. The van der Waals surface area contributed by atoms with Gasteiger partial charge in [-0.3, -0.25) is 9.59 Å². The van der Waals surface area contributed by atoms with Crippen LogP contribution in [0.1, 0.15) is 63.6 Å². The number of aromatic nitrogens is 1. The summed E-state index contributed by atoms with van der Waals surface area (Å²) in [5.41, 5.74) is -0.0706. The van der Waals surface area contributed by atoms with Crippen LogP contribution in [0.2, 0.25) is 5.02 Å². The Morgan fingerprint density at radius 1 is 1.08 bits per heavy atom. The monoisotopic (exact) mass is 569 g/mol. The van der Waals surface area contributed by atoms with Gasteiger partial charge in [-0.05, 0) is 56.6 Å².